The Bertz CT molecular complexity index is 2220. The molecule has 0 fully saturated rings. The molecule has 0 nitrogen and oxygen atoms in total. The Hall–Kier alpha value is -5.03. The highest BCUT2D eigenvalue weighted by Gasteiger charge is 2.29. The topological polar surface area (TPSA) is 0 Å². The van der Waals surface area contributed by atoms with Crippen molar-refractivity contribution in [3.05, 3.63) is 132 Å². The first-order valence-electron chi connectivity index (χ1n) is 13.1. The van der Waals surface area contributed by atoms with Crippen molar-refractivity contribution in [1.82, 2.24) is 0 Å². The van der Waals surface area contributed by atoms with Crippen molar-refractivity contribution in [2.45, 2.75) is 0 Å². The van der Waals surface area contributed by atoms with Gasteiger partial charge in [0, 0.05) is 5.56 Å². The minimum absolute atomic E-state index is 0.0367. The molecule has 0 aliphatic rings. The van der Waals surface area contributed by atoms with Gasteiger partial charge in [-0.25, -0.2) is 22.0 Å². The van der Waals surface area contributed by atoms with E-state index in [1.807, 2.05) is 18.2 Å². The lowest BCUT2D eigenvalue weighted by molar-refractivity contribution is 0.381. The van der Waals surface area contributed by atoms with Crippen molar-refractivity contribution in [1.29, 1.82) is 0 Å². The van der Waals surface area contributed by atoms with Gasteiger partial charge >= 0.3 is 0 Å². The summed E-state index contributed by atoms with van der Waals surface area (Å²) in [6.07, 6.45) is 0. The molecule has 0 spiro atoms. The van der Waals surface area contributed by atoms with Crippen LogP contribution in [0.25, 0.3) is 76.1 Å². The van der Waals surface area contributed by atoms with Crippen LogP contribution in [0.5, 0.6) is 0 Å². The van der Waals surface area contributed by atoms with Crippen LogP contribution in [0, 0.1) is 29.1 Å². The van der Waals surface area contributed by atoms with Crippen molar-refractivity contribution >= 4 is 53.9 Å². The van der Waals surface area contributed by atoms with E-state index in [1.165, 1.54) is 5.39 Å². The Morgan fingerprint density at radius 2 is 0.707 bits per heavy atom. The van der Waals surface area contributed by atoms with Crippen LogP contribution in [0.15, 0.2) is 103 Å². The maximum atomic E-state index is 15.2. The van der Waals surface area contributed by atoms with E-state index >= 15 is 8.78 Å². The molecule has 0 unspecified atom stereocenters. The highest BCUT2D eigenvalue weighted by atomic mass is 19.2. The second-order valence-electron chi connectivity index (χ2n) is 10.3. The van der Waals surface area contributed by atoms with Crippen LogP contribution >= 0.6 is 0 Å². The summed E-state index contributed by atoms with van der Waals surface area (Å²) in [5, 5.41) is 8.76. The molecule has 0 aromatic heterocycles. The third kappa shape index (κ3) is 3.20. The fourth-order valence-corrected chi connectivity index (χ4v) is 6.43. The standard InChI is InChI=1S/C36H17F5/c37-32-31(33(38)35(40)36(41)34(32)39)30-25-10-3-1-8-23(25)29(24-9-2-4-11-26(24)30)22-16-20-14-12-18-6-5-7-19-13-15-21(17-22)28(20)27(18)19/h1-17H. The summed E-state index contributed by atoms with van der Waals surface area (Å²) in [7, 11) is 0. The first-order chi connectivity index (χ1) is 19.9. The summed E-state index contributed by atoms with van der Waals surface area (Å²) in [5.41, 5.74) is 0.725. The van der Waals surface area contributed by atoms with Gasteiger partial charge in [-0.2, -0.15) is 0 Å². The fraction of sp³-hybridized carbons (Fsp3) is 0. The van der Waals surface area contributed by atoms with E-state index < -0.39 is 34.6 Å². The third-order valence-corrected chi connectivity index (χ3v) is 8.14. The van der Waals surface area contributed by atoms with Crippen LogP contribution in [0.3, 0.4) is 0 Å². The SMILES string of the molecule is Fc1c(F)c(F)c(-c2c3ccccc3c(-c3cc4ccc5cccc6ccc(c3)c4c56)c3ccccc23)c(F)c1F. The molecular weight excluding hydrogens is 527 g/mol. The molecule has 0 saturated heterocycles. The molecule has 196 valence electrons. The van der Waals surface area contributed by atoms with Gasteiger partial charge in [0.05, 0.1) is 5.56 Å². The molecular formula is C36H17F5. The van der Waals surface area contributed by atoms with Crippen LogP contribution in [0.1, 0.15) is 0 Å². The van der Waals surface area contributed by atoms with E-state index in [9.17, 15) is 13.2 Å². The average Bonchev–Trinajstić information content (AvgIpc) is 3.01. The molecule has 0 atom stereocenters. The van der Waals surface area contributed by atoms with Gasteiger partial charge in [0.15, 0.2) is 23.3 Å². The van der Waals surface area contributed by atoms with Gasteiger partial charge < -0.3 is 0 Å². The van der Waals surface area contributed by atoms with E-state index in [4.69, 9.17) is 0 Å². The van der Waals surface area contributed by atoms with Gasteiger partial charge in [-0.3, -0.25) is 0 Å². The molecule has 8 aromatic rings. The normalized spacial score (nSPS) is 12.0. The van der Waals surface area contributed by atoms with Gasteiger partial charge in [-0.15, -0.1) is 0 Å². The quantitative estimate of drug-likeness (QED) is 0.0668. The summed E-state index contributed by atoms with van der Waals surface area (Å²) >= 11 is 0. The van der Waals surface area contributed by atoms with E-state index in [0.29, 0.717) is 21.5 Å². The molecule has 0 bridgehead atoms. The van der Waals surface area contributed by atoms with Crippen molar-refractivity contribution in [2.75, 3.05) is 0 Å². The van der Waals surface area contributed by atoms with E-state index in [1.54, 1.807) is 36.4 Å². The lowest BCUT2D eigenvalue weighted by Crippen LogP contribution is -2.05. The molecule has 0 radical (unpaired) electrons. The maximum absolute atomic E-state index is 15.2. The summed E-state index contributed by atoms with van der Waals surface area (Å²) in [5.74, 6) is -9.83. The Labute approximate surface area is 230 Å². The second-order valence-corrected chi connectivity index (χ2v) is 10.3. The Morgan fingerprint density at radius 3 is 1.20 bits per heavy atom. The molecule has 41 heavy (non-hydrogen) atoms. The monoisotopic (exact) mass is 544 g/mol. The molecule has 0 amide bonds. The van der Waals surface area contributed by atoms with Crippen LogP contribution in [0.2, 0.25) is 0 Å². The predicted molar refractivity (Wildman–Crippen MR) is 156 cm³/mol. The van der Waals surface area contributed by atoms with E-state index in [0.717, 1.165) is 38.1 Å². The minimum Gasteiger partial charge on any atom is -0.203 e. The highest BCUT2D eigenvalue weighted by molar-refractivity contribution is 6.26. The smallest absolute Gasteiger partial charge is 0.200 e. The zero-order valence-corrected chi connectivity index (χ0v) is 21.2. The molecule has 0 heterocycles. The highest BCUT2D eigenvalue weighted by Crippen LogP contribution is 2.47. The Kier molecular flexibility index (Phi) is 4.93. The first kappa shape index (κ1) is 23.8. The van der Waals surface area contributed by atoms with Crippen molar-refractivity contribution < 1.29 is 22.0 Å². The van der Waals surface area contributed by atoms with Gasteiger partial charge in [0.1, 0.15) is 0 Å². The molecule has 0 aliphatic heterocycles. The van der Waals surface area contributed by atoms with Gasteiger partial charge in [-0.1, -0.05) is 91.0 Å². The Morgan fingerprint density at radius 1 is 0.317 bits per heavy atom. The molecule has 0 N–H and O–H groups in total. The zero-order valence-electron chi connectivity index (χ0n) is 21.2. The maximum Gasteiger partial charge on any atom is 0.200 e. The summed E-state index contributed by atoms with van der Waals surface area (Å²) in [6.45, 7) is 0. The lowest BCUT2D eigenvalue weighted by Gasteiger charge is -2.20. The van der Waals surface area contributed by atoms with Crippen molar-refractivity contribution in [3.8, 4) is 22.3 Å². The van der Waals surface area contributed by atoms with Gasteiger partial charge in [0.25, 0.3) is 0 Å². The number of fused-ring (bicyclic) bond motifs is 2. The number of halogens is 5. The summed E-state index contributed by atoms with van der Waals surface area (Å²) < 4.78 is 73.3. The van der Waals surface area contributed by atoms with Crippen molar-refractivity contribution in [3.63, 3.8) is 0 Å². The van der Waals surface area contributed by atoms with Crippen LogP contribution in [-0.4, -0.2) is 0 Å². The molecule has 8 aromatic carbocycles. The largest absolute Gasteiger partial charge is 0.203 e. The number of hydrogen-bond acceptors (Lipinski definition) is 0. The number of rotatable bonds is 2. The molecule has 8 rings (SSSR count). The molecule has 0 saturated carbocycles. The van der Waals surface area contributed by atoms with Crippen LogP contribution < -0.4 is 0 Å². The van der Waals surface area contributed by atoms with Crippen LogP contribution in [-0.2, 0) is 0 Å². The van der Waals surface area contributed by atoms with Crippen molar-refractivity contribution in [2.24, 2.45) is 0 Å². The number of benzene rings is 8. The molecule has 0 aliphatic carbocycles. The third-order valence-electron chi connectivity index (χ3n) is 8.14. The number of hydrogen-bond donors (Lipinski definition) is 0. The van der Waals surface area contributed by atoms with Gasteiger partial charge in [0.2, 0.25) is 5.82 Å². The first-order valence-corrected chi connectivity index (χ1v) is 13.1. The van der Waals surface area contributed by atoms with Gasteiger partial charge in [-0.05, 0) is 77.1 Å². The summed E-state index contributed by atoms with van der Waals surface area (Å²) in [6, 6.07) is 32.7. The lowest BCUT2D eigenvalue weighted by atomic mass is 9.84. The fourth-order valence-electron chi connectivity index (χ4n) is 6.43. The molecule has 5 heteroatoms. The predicted octanol–water partition coefficient (Wildman–Crippen LogP) is 10.9. The van der Waals surface area contributed by atoms with Crippen LogP contribution in [0.4, 0.5) is 22.0 Å². The average molecular weight is 545 g/mol. The summed E-state index contributed by atoms with van der Waals surface area (Å²) in [4.78, 5) is 0. The zero-order chi connectivity index (χ0) is 28.0. The second kappa shape index (κ2) is 8.48. The van der Waals surface area contributed by atoms with E-state index in [2.05, 4.69) is 48.5 Å². The minimum atomic E-state index is -2.18. The Balaban J connectivity index is 1.53. The van der Waals surface area contributed by atoms with E-state index in [-0.39, 0.29) is 5.56 Å².